The van der Waals surface area contributed by atoms with Crippen molar-refractivity contribution in [3.05, 3.63) is 59.5 Å². The second-order valence-electron chi connectivity index (χ2n) is 6.28. The molecule has 0 spiro atoms. The zero-order chi connectivity index (χ0) is 17.3. The van der Waals surface area contributed by atoms with Gasteiger partial charge in [0.2, 0.25) is 0 Å². The first-order valence-electron chi connectivity index (χ1n) is 7.98. The van der Waals surface area contributed by atoms with Crippen molar-refractivity contribution < 1.29 is 4.79 Å². The van der Waals surface area contributed by atoms with E-state index in [1.54, 1.807) is 10.7 Å². The van der Waals surface area contributed by atoms with Crippen molar-refractivity contribution in [1.82, 2.24) is 24.4 Å². The van der Waals surface area contributed by atoms with Gasteiger partial charge in [0.05, 0.1) is 12.2 Å². The zero-order valence-corrected chi connectivity index (χ0v) is 14.5. The number of rotatable bonds is 5. The van der Waals surface area contributed by atoms with E-state index in [-0.39, 0.29) is 11.9 Å². The van der Waals surface area contributed by atoms with Crippen LogP contribution in [0.15, 0.2) is 42.9 Å². The van der Waals surface area contributed by atoms with E-state index in [2.05, 4.69) is 34.4 Å². The Morgan fingerprint density at radius 1 is 1.29 bits per heavy atom. The predicted octanol–water partition coefficient (Wildman–Crippen LogP) is 2.01. The summed E-state index contributed by atoms with van der Waals surface area (Å²) in [6.07, 6.45) is 5.33. The number of aromatic nitrogens is 3. The zero-order valence-electron chi connectivity index (χ0n) is 14.5. The van der Waals surface area contributed by atoms with Crippen LogP contribution in [0.3, 0.4) is 0 Å². The number of benzene rings is 1. The molecule has 1 amide bonds. The van der Waals surface area contributed by atoms with Crippen molar-refractivity contribution in [1.29, 1.82) is 0 Å². The molecule has 0 unspecified atom stereocenters. The molecule has 126 valence electrons. The van der Waals surface area contributed by atoms with E-state index < -0.39 is 0 Å². The highest BCUT2D eigenvalue weighted by Crippen LogP contribution is 2.21. The molecular formula is C18H23N5O. The molecule has 2 aromatic heterocycles. The van der Waals surface area contributed by atoms with E-state index in [0.717, 1.165) is 5.65 Å². The van der Waals surface area contributed by atoms with E-state index in [9.17, 15) is 4.79 Å². The highest BCUT2D eigenvalue weighted by molar-refractivity contribution is 5.99. The van der Waals surface area contributed by atoms with Gasteiger partial charge in [-0.05, 0) is 32.1 Å². The van der Waals surface area contributed by atoms with Gasteiger partial charge in [-0.15, -0.1) is 0 Å². The number of carbonyl (C=O) groups excluding carboxylic acids is 1. The van der Waals surface area contributed by atoms with Crippen LogP contribution in [0.5, 0.6) is 0 Å². The first-order valence-corrected chi connectivity index (χ1v) is 7.98. The second kappa shape index (κ2) is 6.49. The number of nitrogens with one attached hydrogen (secondary N) is 1. The highest BCUT2D eigenvalue weighted by Gasteiger charge is 2.20. The topological polar surface area (TPSA) is 54.6 Å². The molecule has 0 fully saturated rings. The molecule has 0 aliphatic rings. The van der Waals surface area contributed by atoms with Gasteiger partial charge >= 0.3 is 0 Å². The van der Waals surface area contributed by atoms with Crippen LogP contribution in [-0.2, 0) is 7.05 Å². The Hall–Kier alpha value is -2.60. The van der Waals surface area contributed by atoms with Crippen molar-refractivity contribution in [2.24, 2.45) is 7.05 Å². The monoisotopic (exact) mass is 325 g/mol. The van der Waals surface area contributed by atoms with Crippen LogP contribution in [0, 0.1) is 6.92 Å². The van der Waals surface area contributed by atoms with E-state index >= 15 is 0 Å². The number of amides is 1. The van der Waals surface area contributed by atoms with Gasteiger partial charge in [-0.1, -0.05) is 24.3 Å². The standard InChI is InChI=1S/C18H23N5O/c1-13-7-5-6-8-14(13)16(21(2)3)12-19-17(24)15-11-20-23-10-9-22(4)18(15)23/h5-11,16H,12H2,1-4H3,(H,19,24)/t16-/m0/s1. The molecule has 0 saturated carbocycles. The smallest absolute Gasteiger partial charge is 0.256 e. The van der Waals surface area contributed by atoms with Crippen LogP contribution in [-0.4, -0.2) is 45.6 Å². The van der Waals surface area contributed by atoms with Crippen LogP contribution < -0.4 is 5.32 Å². The molecule has 24 heavy (non-hydrogen) atoms. The predicted molar refractivity (Wildman–Crippen MR) is 94.1 cm³/mol. The average Bonchev–Trinajstić information content (AvgIpc) is 3.12. The summed E-state index contributed by atoms with van der Waals surface area (Å²) in [6.45, 7) is 2.64. The summed E-state index contributed by atoms with van der Waals surface area (Å²) in [4.78, 5) is 14.7. The molecular weight excluding hydrogens is 302 g/mol. The van der Waals surface area contributed by atoms with Gasteiger partial charge in [0, 0.05) is 26.0 Å². The third kappa shape index (κ3) is 2.92. The lowest BCUT2D eigenvalue weighted by molar-refractivity contribution is 0.0943. The lowest BCUT2D eigenvalue weighted by atomic mass is 10.0. The molecule has 0 bridgehead atoms. The third-order valence-electron chi connectivity index (χ3n) is 4.41. The summed E-state index contributed by atoms with van der Waals surface area (Å²) in [7, 11) is 5.96. The number of aryl methyl sites for hydroxylation is 2. The third-order valence-corrected chi connectivity index (χ3v) is 4.41. The number of imidazole rings is 1. The van der Waals surface area contributed by atoms with Crippen molar-refractivity contribution in [3.8, 4) is 0 Å². The summed E-state index contributed by atoms with van der Waals surface area (Å²) in [5.74, 6) is -0.104. The van der Waals surface area contributed by atoms with Gasteiger partial charge in [0.1, 0.15) is 11.2 Å². The van der Waals surface area contributed by atoms with Gasteiger partial charge in [-0.3, -0.25) is 4.79 Å². The highest BCUT2D eigenvalue weighted by atomic mass is 16.1. The van der Waals surface area contributed by atoms with Crippen LogP contribution in [0.25, 0.3) is 5.65 Å². The van der Waals surface area contributed by atoms with E-state index in [1.165, 1.54) is 11.1 Å². The Morgan fingerprint density at radius 2 is 2.04 bits per heavy atom. The summed E-state index contributed by atoms with van der Waals surface area (Å²) in [5, 5.41) is 7.27. The van der Waals surface area contributed by atoms with Gasteiger partial charge in [-0.25, -0.2) is 4.52 Å². The van der Waals surface area contributed by atoms with Crippen molar-refractivity contribution in [2.45, 2.75) is 13.0 Å². The van der Waals surface area contributed by atoms with Gasteiger partial charge in [0.25, 0.3) is 5.91 Å². The molecule has 0 saturated heterocycles. The summed E-state index contributed by atoms with van der Waals surface area (Å²) in [5.41, 5.74) is 3.83. The molecule has 0 aliphatic heterocycles. The van der Waals surface area contributed by atoms with Crippen molar-refractivity contribution in [3.63, 3.8) is 0 Å². The fourth-order valence-electron chi connectivity index (χ4n) is 3.03. The maximum absolute atomic E-state index is 12.6. The Kier molecular flexibility index (Phi) is 4.40. The largest absolute Gasteiger partial charge is 0.350 e. The van der Waals surface area contributed by atoms with Gasteiger partial charge in [-0.2, -0.15) is 5.10 Å². The van der Waals surface area contributed by atoms with Crippen LogP contribution in [0.4, 0.5) is 0 Å². The van der Waals surface area contributed by atoms with E-state index in [0.29, 0.717) is 12.1 Å². The fourth-order valence-corrected chi connectivity index (χ4v) is 3.03. The Morgan fingerprint density at radius 3 is 2.75 bits per heavy atom. The van der Waals surface area contributed by atoms with E-state index in [1.807, 2.05) is 50.2 Å². The van der Waals surface area contributed by atoms with Crippen molar-refractivity contribution >= 4 is 11.6 Å². The quantitative estimate of drug-likeness (QED) is 0.781. The molecule has 1 N–H and O–H groups in total. The maximum Gasteiger partial charge on any atom is 0.256 e. The summed E-state index contributed by atoms with van der Waals surface area (Å²) < 4.78 is 3.60. The number of fused-ring (bicyclic) bond motifs is 1. The van der Waals surface area contributed by atoms with E-state index in [4.69, 9.17) is 0 Å². The minimum absolute atomic E-state index is 0.104. The Bertz CT molecular complexity index is 861. The fraction of sp³-hybridized carbons (Fsp3) is 0.333. The average molecular weight is 325 g/mol. The minimum atomic E-state index is -0.104. The Balaban J connectivity index is 1.79. The Labute approximate surface area is 141 Å². The summed E-state index contributed by atoms with van der Waals surface area (Å²) in [6, 6.07) is 8.39. The van der Waals surface area contributed by atoms with Crippen LogP contribution in [0.1, 0.15) is 27.5 Å². The normalized spacial score (nSPS) is 12.7. The van der Waals surface area contributed by atoms with Crippen LogP contribution >= 0.6 is 0 Å². The molecule has 6 heteroatoms. The second-order valence-corrected chi connectivity index (χ2v) is 6.28. The first kappa shape index (κ1) is 16.3. The minimum Gasteiger partial charge on any atom is -0.350 e. The SMILES string of the molecule is Cc1ccccc1[C@H](CNC(=O)c1cnn2ccn(C)c12)N(C)C. The van der Waals surface area contributed by atoms with Gasteiger partial charge in [0.15, 0.2) is 0 Å². The molecule has 6 nitrogen and oxygen atoms in total. The number of likely N-dealkylation sites (N-methyl/N-ethyl adjacent to an activating group) is 1. The molecule has 3 rings (SSSR count). The molecule has 2 heterocycles. The summed E-state index contributed by atoms with van der Waals surface area (Å²) >= 11 is 0. The molecule has 3 aromatic rings. The number of nitrogens with zero attached hydrogens (tertiary/aromatic N) is 4. The maximum atomic E-state index is 12.6. The lowest BCUT2D eigenvalue weighted by Gasteiger charge is -2.26. The lowest BCUT2D eigenvalue weighted by Crippen LogP contribution is -2.35. The first-order chi connectivity index (χ1) is 11.5. The molecule has 0 radical (unpaired) electrons. The molecule has 0 aliphatic carbocycles. The van der Waals surface area contributed by atoms with Gasteiger partial charge < -0.3 is 14.8 Å². The molecule has 1 atom stereocenters. The van der Waals surface area contributed by atoms with Crippen LogP contribution in [0.2, 0.25) is 0 Å². The van der Waals surface area contributed by atoms with Crippen molar-refractivity contribution in [2.75, 3.05) is 20.6 Å². The molecule has 1 aromatic carbocycles. The number of hydrogen-bond donors (Lipinski definition) is 1. The number of hydrogen-bond acceptors (Lipinski definition) is 3. The number of carbonyl (C=O) groups is 1.